The Labute approximate surface area is 118 Å². The number of hydrogen-bond acceptors (Lipinski definition) is 2. The second-order valence-electron chi connectivity index (χ2n) is 4.69. The lowest BCUT2D eigenvalue weighted by atomic mass is 10.1. The van der Waals surface area contributed by atoms with Crippen LogP contribution in [0.25, 0.3) is 0 Å². The van der Waals surface area contributed by atoms with E-state index in [0.29, 0.717) is 18.0 Å². The predicted octanol–water partition coefficient (Wildman–Crippen LogP) is 1.85. The molecule has 0 heterocycles. The maximum atomic E-state index is 11.8. The van der Waals surface area contributed by atoms with E-state index in [4.69, 9.17) is 11.6 Å². The van der Waals surface area contributed by atoms with Gasteiger partial charge in [-0.1, -0.05) is 44.2 Å². The van der Waals surface area contributed by atoms with E-state index in [1.807, 2.05) is 32.0 Å². The molecule has 0 aliphatic carbocycles. The molecule has 0 saturated heterocycles. The van der Waals surface area contributed by atoms with E-state index >= 15 is 0 Å². The van der Waals surface area contributed by atoms with Crippen molar-refractivity contribution in [1.29, 1.82) is 0 Å². The molecule has 0 spiro atoms. The van der Waals surface area contributed by atoms with Gasteiger partial charge in [0.25, 0.3) is 0 Å². The monoisotopic (exact) mass is 282 g/mol. The molecule has 1 rings (SSSR count). The van der Waals surface area contributed by atoms with Crippen LogP contribution in [-0.4, -0.2) is 24.9 Å². The largest absolute Gasteiger partial charge is 0.354 e. The summed E-state index contributed by atoms with van der Waals surface area (Å²) in [5.41, 5.74) is 0.712. The number of nitrogens with one attached hydrogen (secondary N) is 2. The molecule has 4 nitrogen and oxygen atoms in total. The maximum absolute atomic E-state index is 11.8. The smallest absolute Gasteiger partial charge is 0.243 e. The SMILES string of the molecule is CC(C)CNC(=O)CNC(=O)C(Cl)c1ccccc1. The molecule has 0 bridgehead atoms. The van der Waals surface area contributed by atoms with Crippen molar-refractivity contribution in [2.75, 3.05) is 13.1 Å². The van der Waals surface area contributed by atoms with Gasteiger partial charge in [0.15, 0.2) is 0 Å². The van der Waals surface area contributed by atoms with Gasteiger partial charge in [0, 0.05) is 6.54 Å². The number of hydrogen-bond donors (Lipinski definition) is 2. The number of alkyl halides is 1. The minimum atomic E-state index is -0.779. The molecule has 5 heteroatoms. The Balaban J connectivity index is 2.37. The van der Waals surface area contributed by atoms with E-state index in [1.165, 1.54) is 0 Å². The van der Waals surface area contributed by atoms with Crippen LogP contribution in [0.1, 0.15) is 24.8 Å². The molecule has 0 aromatic heterocycles. The van der Waals surface area contributed by atoms with Crippen molar-refractivity contribution in [3.8, 4) is 0 Å². The second kappa shape index (κ2) is 7.79. The van der Waals surface area contributed by atoms with E-state index < -0.39 is 5.38 Å². The third-order valence-electron chi connectivity index (χ3n) is 2.45. The maximum Gasteiger partial charge on any atom is 0.243 e. The summed E-state index contributed by atoms with van der Waals surface area (Å²) in [5.74, 6) is -0.198. The van der Waals surface area contributed by atoms with Crippen molar-refractivity contribution >= 4 is 23.4 Å². The molecule has 2 N–H and O–H groups in total. The van der Waals surface area contributed by atoms with Crippen molar-refractivity contribution in [3.63, 3.8) is 0 Å². The number of carbonyl (C=O) groups is 2. The van der Waals surface area contributed by atoms with Crippen LogP contribution in [0.4, 0.5) is 0 Å². The van der Waals surface area contributed by atoms with Gasteiger partial charge >= 0.3 is 0 Å². The van der Waals surface area contributed by atoms with Crippen LogP contribution in [0.2, 0.25) is 0 Å². The predicted molar refractivity (Wildman–Crippen MR) is 75.9 cm³/mol. The Kier molecular flexibility index (Phi) is 6.36. The molecule has 0 aliphatic heterocycles. The number of carbonyl (C=O) groups excluding carboxylic acids is 2. The van der Waals surface area contributed by atoms with Crippen molar-refractivity contribution in [2.24, 2.45) is 5.92 Å². The first kappa shape index (κ1) is 15.5. The highest BCUT2D eigenvalue weighted by Gasteiger charge is 2.17. The van der Waals surface area contributed by atoms with E-state index in [-0.39, 0.29) is 18.4 Å². The Morgan fingerprint density at radius 1 is 1.16 bits per heavy atom. The minimum Gasteiger partial charge on any atom is -0.354 e. The van der Waals surface area contributed by atoms with Gasteiger partial charge in [-0.3, -0.25) is 9.59 Å². The summed E-state index contributed by atoms with van der Waals surface area (Å²) in [6, 6.07) is 9.03. The summed E-state index contributed by atoms with van der Waals surface area (Å²) in [7, 11) is 0. The molecule has 2 amide bonds. The van der Waals surface area contributed by atoms with E-state index in [0.717, 1.165) is 0 Å². The fourth-order valence-electron chi connectivity index (χ4n) is 1.41. The third kappa shape index (κ3) is 5.75. The van der Waals surface area contributed by atoms with Crippen LogP contribution >= 0.6 is 11.6 Å². The molecular formula is C14H19ClN2O2. The van der Waals surface area contributed by atoms with Crippen LogP contribution in [-0.2, 0) is 9.59 Å². The van der Waals surface area contributed by atoms with Crippen molar-refractivity contribution in [1.82, 2.24) is 10.6 Å². The molecule has 1 atom stereocenters. The molecule has 0 fully saturated rings. The highest BCUT2D eigenvalue weighted by Crippen LogP contribution is 2.19. The standard InChI is InChI=1S/C14H19ClN2O2/c1-10(2)8-16-12(18)9-17-14(19)13(15)11-6-4-3-5-7-11/h3-7,10,13H,8-9H2,1-2H3,(H,16,18)(H,17,19). The van der Waals surface area contributed by atoms with Crippen LogP contribution < -0.4 is 10.6 Å². The normalized spacial score (nSPS) is 12.0. The number of benzene rings is 1. The first-order valence-corrected chi connectivity index (χ1v) is 6.67. The molecule has 104 valence electrons. The summed E-state index contributed by atoms with van der Waals surface area (Å²) in [5, 5.41) is 4.46. The zero-order valence-corrected chi connectivity index (χ0v) is 11.9. The lowest BCUT2D eigenvalue weighted by Crippen LogP contribution is -2.39. The topological polar surface area (TPSA) is 58.2 Å². The third-order valence-corrected chi connectivity index (χ3v) is 2.90. The molecule has 0 aliphatic rings. The quantitative estimate of drug-likeness (QED) is 0.783. The van der Waals surface area contributed by atoms with Crippen LogP contribution in [0.15, 0.2) is 30.3 Å². The highest BCUT2D eigenvalue weighted by molar-refractivity contribution is 6.30. The molecule has 0 radical (unpaired) electrons. The highest BCUT2D eigenvalue weighted by atomic mass is 35.5. The van der Waals surface area contributed by atoms with Crippen molar-refractivity contribution in [2.45, 2.75) is 19.2 Å². The Morgan fingerprint density at radius 3 is 2.37 bits per heavy atom. The van der Waals surface area contributed by atoms with E-state index in [2.05, 4.69) is 10.6 Å². The molecular weight excluding hydrogens is 264 g/mol. The number of rotatable bonds is 6. The zero-order chi connectivity index (χ0) is 14.3. The summed E-state index contributed by atoms with van der Waals surface area (Å²) >= 11 is 6.02. The molecule has 19 heavy (non-hydrogen) atoms. The van der Waals surface area contributed by atoms with Gasteiger partial charge in [0.2, 0.25) is 11.8 Å². The van der Waals surface area contributed by atoms with Gasteiger partial charge in [-0.05, 0) is 11.5 Å². The van der Waals surface area contributed by atoms with Gasteiger partial charge in [-0.15, -0.1) is 11.6 Å². The molecule has 1 unspecified atom stereocenters. The lowest BCUT2D eigenvalue weighted by molar-refractivity contribution is -0.126. The van der Waals surface area contributed by atoms with Crippen molar-refractivity contribution < 1.29 is 9.59 Å². The summed E-state index contributed by atoms with van der Waals surface area (Å²) in [6.07, 6.45) is 0. The van der Waals surface area contributed by atoms with Crippen LogP contribution in [0.5, 0.6) is 0 Å². The fraction of sp³-hybridized carbons (Fsp3) is 0.429. The Bertz CT molecular complexity index is 421. The van der Waals surface area contributed by atoms with Crippen LogP contribution in [0, 0.1) is 5.92 Å². The fourth-order valence-corrected chi connectivity index (χ4v) is 1.63. The average molecular weight is 283 g/mol. The van der Waals surface area contributed by atoms with E-state index in [9.17, 15) is 9.59 Å². The molecule has 1 aromatic carbocycles. The Morgan fingerprint density at radius 2 is 1.79 bits per heavy atom. The lowest BCUT2D eigenvalue weighted by Gasteiger charge is -2.11. The van der Waals surface area contributed by atoms with Gasteiger partial charge < -0.3 is 10.6 Å². The number of halogens is 1. The number of amides is 2. The summed E-state index contributed by atoms with van der Waals surface area (Å²) < 4.78 is 0. The second-order valence-corrected chi connectivity index (χ2v) is 5.13. The van der Waals surface area contributed by atoms with Crippen molar-refractivity contribution in [3.05, 3.63) is 35.9 Å². The Hall–Kier alpha value is -1.55. The van der Waals surface area contributed by atoms with Gasteiger partial charge in [0.05, 0.1) is 6.54 Å². The zero-order valence-electron chi connectivity index (χ0n) is 11.2. The first-order chi connectivity index (χ1) is 9.00. The van der Waals surface area contributed by atoms with Gasteiger partial charge in [-0.2, -0.15) is 0 Å². The van der Waals surface area contributed by atoms with E-state index in [1.54, 1.807) is 12.1 Å². The minimum absolute atomic E-state index is 0.0540. The molecule has 0 saturated carbocycles. The van der Waals surface area contributed by atoms with Gasteiger partial charge in [0.1, 0.15) is 5.38 Å². The average Bonchev–Trinajstić information content (AvgIpc) is 2.42. The van der Waals surface area contributed by atoms with Crippen LogP contribution in [0.3, 0.4) is 0 Å². The summed E-state index contributed by atoms with van der Waals surface area (Å²) in [6.45, 7) is 4.55. The van der Waals surface area contributed by atoms with Gasteiger partial charge in [-0.25, -0.2) is 0 Å². The molecule has 1 aromatic rings. The first-order valence-electron chi connectivity index (χ1n) is 6.24. The summed E-state index contributed by atoms with van der Waals surface area (Å²) in [4.78, 5) is 23.2.